The van der Waals surface area contributed by atoms with Gasteiger partial charge in [0.05, 0.1) is 13.7 Å². The van der Waals surface area contributed by atoms with Crippen molar-refractivity contribution in [1.29, 1.82) is 0 Å². The van der Waals surface area contributed by atoms with E-state index >= 15 is 0 Å². The minimum Gasteiger partial charge on any atom is -0.464 e. The number of nitrogens with zero attached hydrogens (tertiary/aromatic N) is 2. The summed E-state index contributed by atoms with van der Waals surface area (Å²) in [6.07, 6.45) is 5.51. The zero-order valence-corrected chi connectivity index (χ0v) is 17.3. The lowest BCUT2D eigenvalue weighted by molar-refractivity contribution is 0.0594. The largest absolute Gasteiger partial charge is 0.464 e. The molecule has 0 saturated heterocycles. The third-order valence-corrected chi connectivity index (χ3v) is 6.36. The molecule has 1 aromatic heterocycles. The Morgan fingerprint density at radius 1 is 1.10 bits per heavy atom. The van der Waals surface area contributed by atoms with Crippen LogP contribution in [0.1, 0.15) is 58.0 Å². The average molecular weight is 409 g/mol. The van der Waals surface area contributed by atoms with E-state index in [4.69, 9.17) is 4.74 Å². The van der Waals surface area contributed by atoms with Crippen molar-refractivity contribution < 1.29 is 14.3 Å². The Hall–Kier alpha value is -2.73. The molecule has 1 fully saturated rings. The zero-order chi connectivity index (χ0) is 20.2. The summed E-state index contributed by atoms with van der Waals surface area (Å²) in [4.78, 5) is 31.6. The molecular formula is C23H24N2O3S. The minimum absolute atomic E-state index is 0.0254. The molecule has 5 nitrogen and oxygen atoms in total. The second kappa shape index (κ2) is 8.74. The Bertz CT molecular complexity index is 1020. The number of ether oxygens (including phenoxy) is 1. The second-order valence-corrected chi connectivity index (χ2v) is 8.35. The van der Waals surface area contributed by atoms with Crippen LogP contribution >= 0.6 is 11.3 Å². The molecule has 2 aromatic carbocycles. The van der Waals surface area contributed by atoms with E-state index in [2.05, 4.69) is 4.98 Å². The van der Waals surface area contributed by atoms with Crippen molar-refractivity contribution in [2.75, 3.05) is 7.11 Å². The number of amides is 1. The van der Waals surface area contributed by atoms with Crippen molar-refractivity contribution in [1.82, 2.24) is 9.88 Å². The van der Waals surface area contributed by atoms with Gasteiger partial charge >= 0.3 is 5.97 Å². The number of esters is 1. The van der Waals surface area contributed by atoms with Gasteiger partial charge in [-0.3, -0.25) is 4.79 Å². The number of benzene rings is 2. The van der Waals surface area contributed by atoms with Gasteiger partial charge in [-0.05, 0) is 35.7 Å². The average Bonchev–Trinajstić information content (AvgIpc) is 3.25. The maximum absolute atomic E-state index is 13.5. The van der Waals surface area contributed by atoms with E-state index < -0.39 is 5.97 Å². The lowest BCUT2D eigenvalue weighted by Gasteiger charge is -2.34. The maximum atomic E-state index is 13.5. The van der Waals surface area contributed by atoms with Crippen molar-refractivity contribution in [3.8, 4) is 0 Å². The number of hydrogen-bond acceptors (Lipinski definition) is 5. The highest BCUT2D eigenvalue weighted by Crippen LogP contribution is 2.27. The van der Waals surface area contributed by atoms with Crippen molar-refractivity contribution in [2.45, 2.75) is 44.7 Å². The number of carbonyl (C=O) groups is 2. The van der Waals surface area contributed by atoms with Gasteiger partial charge in [0, 0.05) is 17.0 Å². The summed E-state index contributed by atoms with van der Waals surface area (Å²) in [6.45, 7) is 0.415. The molecule has 1 heterocycles. The third-order valence-electron chi connectivity index (χ3n) is 5.52. The van der Waals surface area contributed by atoms with Crippen molar-refractivity contribution >= 4 is 34.0 Å². The van der Waals surface area contributed by atoms with Crippen molar-refractivity contribution in [3.63, 3.8) is 0 Å². The summed E-state index contributed by atoms with van der Waals surface area (Å²) in [5, 5.41) is 4.63. The number of thiazole rings is 1. The van der Waals surface area contributed by atoms with Gasteiger partial charge in [-0.1, -0.05) is 49.6 Å². The summed E-state index contributed by atoms with van der Waals surface area (Å²) < 4.78 is 4.75. The first kappa shape index (κ1) is 19.6. The van der Waals surface area contributed by atoms with Crippen LogP contribution in [0.25, 0.3) is 10.8 Å². The smallest absolute Gasteiger partial charge is 0.357 e. The van der Waals surface area contributed by atoms with Crippen LogP contribution in [0.15, 0.2) is 47.8 Å². The number of hydrogen-bond donors (Lipinski definition) is 0. The molecule has 1 amide bonds. The minimum atomic E-state index is -0.447. The molecule has 3 aromatic rings. The van der Waals surface area contributed by atoms with E-state index in [1.165, 1.54) is 24.9 Å². The van der Waals surface area contributed by atoms with Crippen molar-refractivity contribution in [2.24, 2.45) is 0 Å². The molecule has 0 aliphatic heterocycles. The summed E-state index contributed by atoms with van der Waals surface area (Å²) in [7, 11) is 1.35. The molecule has 4 rings (SSSR count). The number of rotatable bonds is 5. The number of methoxy groups -OCH3 is 1. The molecule has 1 saturated carbocycles. The van der Waals surface area contributed by atoms with Gasteiger partial charge in [0.25, 0.3) is 5.91 Å². The van der Waals surface area contributed by atoms with Crippen LogP contribution in [0.5, 0.6) is 0 Å². The van der Waals surface area contributed by atoms with E-state index in [0.29, 0.717) is 17.8 Å². The van der Waals surface area contributed by atoms with Crippen LogP contribution in [0.3, 0.4) is 0 Å². The van der Waals surface area contributed by atoms with Gasteiger partial charge in [0.15, 0.2) is 5.69 Å². The Morgan fingerprint density at radius 2 is 1.86 bits per heavy atom. The van der Waals surface area contributed by atoms with Gasteiger partial charge in [-0.25, -0.2) is 9.78 Å². The molecule has 0 N–H and O–H groups in total. The van der Waals surface area contributed by atoms with Crippen LogP contribution in [0, 0.1) is 0 Å². The summed E-state index contributed by atoms with van der Waals surface area (Å²) in [5.41, 5.74) is 0.994. The molecule has 6 heteroatoms. The molecule has 1 aliphatic rings. The highest BCUT2D eigenvalue weighted by molar-refractivity contribution is 7.09. The highest BCUT2D eigenvalue weighted by Gasteiger charge is 2.28. The van der Waals surface area contributed by atoms with Gasteiger partial charge in [-0.2, -0.15) is 0 Å². The molecule has 0 spiro atoms. The Labute approximate surface area is 174 Å². The third kappa shape index (κ3) is 4.32. The Kier molecular flexibility index (Phi) is 5.90. The van der Waals surface area contributed by atoms with Crippen LogP contribution in [-0.4, -0.2) is 34.9 Å². The first-order chi connectivity index (χ1) is 14.2. The standard InChI is InChI=1S/C23H24N2O3S/c1-28-23(27)20-15-29-21(24-20)14-25(19-9-3-2-4-10-19)22(26)18-12-11-16-7-5-6-8-17(16)13-18/h5-8,11-13,15,19H,2-4,9-10,14H2,1H3. The van der Waals surface area contributed by atoms with Crippen LogP contribution in [0.4, 0.5) is 0 Å². The normalized spacial score (nSPS) is 14.7. The molecule has 0 unspecified atom stereocenters. The predicted octanol–water partition coefficient (Wildman–Crippen LogP) is 5.06. The summed E-state index contributed by atoms with van der Waals surface area (Å²) in [5.74, 6) is -0.421. The van der Waals surface area contributed by atoms with E-state index in [9.17, 15) is 9.59 Å². The summed E-state index contributed by atoms with van der Waals surface area (Å²) >= 11 is 1.39. The second-order valence-electron chi connectivity index (χ2n) is 7.40. The van der Waals surface area contributed by atoms with E-state index in [0.717, 1.165) is 41.5 Å². The lowest BCUT2D eigenvalue weighted by atomic mass is 9.93. The van der Waals surface area contributed by atoms with E-state index in [1.807, 2.05) is 47.4 Å². The molecule has 150 valence electrons. The fourth-order valence-electron chi connectivity index (χ4n) is 3.98. The lowest BCUT2D eigenvalue weighted by Crippen LogP contribution is -2.41. The summed E-state index contributed by atoms with van der Waals surface area (Å²) in [6, 6.07) is 14.1. The van der Waals surface area contributed by atoms with E-state index in [1.54, 1.807) is 5.38 Å². The predicted molar refractivity (Wildman–Crippen MR) is 114 cm³/mol. The fraction of sp³-hybridized carbons (Fsp3) is 0.348. The molecule has 0 atom stereocenters. The van der Waals surface area contributed by atoms with Gasteiger partial charge < -0.3 is 9.64 Å². The zero-order valence-electron chi connectivity index (χ0n) is 16.5. The van der Waals surface area contributed by atoms with Gasteiger partial charge in [-0.15, -0.1) is 11.3 Å². The Morgan fingerprint density at radius 3 is 2.62 bits per heavy atom. The fourth-order valence-corrected chi connectivity index (χ4v) is 4.74. The SMILES string of the molecule is COC(=O)c1csc(CN(C(=O)c2ccc3ccccc3c2)C2CCCCC2)n1. The molecular weight excluding hydrogens is 384 g/mol. The first-order valence-electron chi connectivity index (χ1n) is 9.98. The first-order valence-corrected chi connectivity index (χ1v) is 10.9. The Balaban J connectivity index is 1.62. The van der Waals surface area contributed by atoms with Crippen LogP contribution in [-0.2, 0) is 11.3 Å². The topological polar surface area (TPSA) is 59.5 Å². The van der Waals surface area contributed by atoms with Crippen LogP contribution < -0.4 is 0 Å². The number of carbonyl (C=O) groups excluding carboxylic acids is 2. The van der Waals surface area contributed by atoms with Crippen molar-refractivity contribution in [3.05, 3.63) is 64.1 Å². The quantitative estimate of drug-likeness (QED) is 0.554. The maximum Gasteiger partial charge on any atom is 0.357 e. The molecule has 29 heavy (non-hydrogen) atoms. The highest BCUT2D eigenvalue weighted by atomic mass is 32.1. The number of fused-ring (bicyclic) bond motifs is 1. The number of aromatic nitrogens is 1. The molecule has 0 radical (unpaired) electrons. The van der Waals surface area contributed by atoms with E-state index in [-0.39, 0.29) is 11.9 Å². The molecule has 1 aliphatic carbocycles. The van der Waals surface area contributed by atoms with Gasteiger partial charge in [0.1, 0.15) is 5.01 Å². The molecule has 0 bridgehead atoms. The monoisotopic (exact) mass is 408 g/mol. The van der Waals surface area contributed by atoms with Gasteiger partial charge in [0.2, 0.25) is 0 Å². The van der Waals surface area contributed by atoms with Crippen LogP contribution in [0.2, 0.25) is 0 Å².